The second-order valence-corrected chi connectivity index (χ2v) is 6.71. The Balaban J connectivity index is 3.81. The van der Waals surface area contributed by atoms with Crippen LogP contribution in [0.25, 0.3) is 0 Å². The monoisotopic (exact) mass is 336 g/mol. The van der Waals surface area contributed by atoms with E-state index in [0.29, 0.717) is 18.9 Å². The van der Waals surface area contributed by atoms with Crippen molar-refractivity contribution in [2.45, 2.75) is 66.2 Å². The third kappa shape index (κ3) is 12.8. The quantitative estimate of drug-likeness (QED) is 0.283. The number of hydrogen-bond acceptors (Lipinski definition) is 4. The summed E-state index contributed by atoms with van der Waals surface area (Å²) in [6, 6.07) is 0. The summed E-state index contributed by atoms with van der Waals surface area (Å²) in [6.07, 6.45) is 10.4. The molecule has 4 heteroatoms. The normalized spacial score (nSPS) is 14.8. The summed E-state index contributed by atoms with van der Waals surface area (Å²) < 4.78 is 5.30. The highest BCUT2D eigenvalue weighted by Crippen LogP contribution is 2.14. The topological polar surface area (TPSA) is 60.4 Å². The van der Waals surface area contributed by atoms with Crippen LogP contribution in [-0.4, -0.2) is 25.1 Å². The first-order valence-electron chi connectivity index (χ1n) is 8.78. The van der Waals surface area contributed by atoms with Crippen LogP contribution in [0.4, 0.5) is 0 Å². The fourth-order valence-corrected chi connectivity index (χ4v) is 2.25. The van der Waals surface area contributed by atoms with E-state index < -0.39 is 0 Å². The van der Waals surface area contributed by atoms with Gasteiger partial charge in [-0.25, -0.2) is 0 Å². The van der Waals surface area contributed by atoms with Gasteiger partial charge in [0.1, 0.15) is 12.6 Å². The number of hydrogen-bond donors (Lipinski definition) is 0. The van der Waals surface area contributed by atoms with E-state index in [1.165, 1.54) is 0 Å². The lowest BCUT2D eigenvalue weighted by atomic mass is 10.0. The number of allylic oxidation sites excluding steroid dienone is 4. The Hall–Kier alpha value is -1.71. The summed E-state index contributed by atoms with van der Waals surface area (Å²) in [6.45, 7) is 8.19. The maximum atomic E-state index is 11.8. The van der Waals surface area contributed by atoms with Gasteiger partial charge in [-0.15, -0.1) is 0 Å². The zero-order valence-corrected chi connectivity index (χ0v) is 15.5. The summed E-state index contributed by atoms with van der Waals surface area (Å²) in [4.78, 5) is 32.8. The van der Waals surface area contributed by atoms with Gasteiger partial charge in [0.25, 0.3) is 0 Å². The highest BCUT2D eigenvalue weighted by atomic mass is 16.5. The Labute approximate surface area is 146 Å². The fraction of sp³-hybridized carbons (Fsp3) is 0.650. The van der Waals surface area contributed by atoms with Crippen molar-refractivity contribution >= 4 is 18.5 Å². The highest BCUT2D eigenvalue weighted by Gasteiger charge is 2.10. The maximum absolute atomic E-state index is 11.8. The molecule has 0 amide bonds. The summed E-state index contributed by atoms with van der Waals surface area (Å²) in [7, 11) is 0. The fourth-order valence-electron chi connectivity index (χ4n) is 2.25. The van der Waals surface area contributed by atoms with Gasteiger partial charge in [-0.3, -0.25) is 14.4 Å². The van der Waals surface area contributed by atoms with Gasteiger partial charge in [0.05, 0.1) is 6.61 Å². The highest BCUT2D eigenvalue weighted by molar-refractivity contribution is 5.72. The van der Waals surface area contributed by atoms with Gasteiger partial charge >= 0.3 is 5.97 Å². The molecular weight excluding hydrogens is 304 g/mol. The summed E-state index contributed by atoms with van der Waals surface area (Å²) >= 11 is 0. The van der Waals surface area contributed by atoms with E-state index in [9.17, 15) is 14.4 Å². The number of esters is 1. The van der Waals surface area contributed by atoms with E-state index in [1.54, 1.807) is 13.8 Å². The molecule has 0 rings (SSSR count). The molecule has 0 fully saturated rings. The number of aldehydes is 2. The number of carbonyl (C=O) groups is 3. The summed E-state index contributed by atoms with van der Waals surface area (Å²) in [5.74, 6) is 0.562. The van der Waals surface area contributed by atoms with Crippen molar-refractivity contribution in [3.63, 3.8) is 0 Å². The molecule has 0 aromatic rings. The molecule has 0 heterocycles. The summed E-state index contributed by atoms with van der Waals surface area (Å²) in [5.41, 5.74) is 1.50. The largest absolute Gasteiger partial charge is 0.466 e. The molecule has 0 aliphatic rings. The molecule has 2 unspecified atom stereocenters. The van der Waals surface area contributed by atoms with Crippen molar-refractivity contribution in [2.75, 3.05) is 6.61 Å². The number of carbonyl (C=O) groups excluding carboxylic acids is 3. The van der Waals surface area contributed by atoms with Gasteiger partial charge in [0.2, 0.25) is 0 Å². The lowest BCUT2D eigenvalue weighted by Gasteiger charge is -2.12. The molecule has 0 aliphatic heterocycles. The maximum Gasteiger partial charge on any atom is 0.306 e. The second-order valence-electron chi connectivity index (χ2n) is 6.71. The van der Waals surface area contributed by atoms with Gasteiger partial charge in [0.15, 0.2) is 0 Å². The van der Waals surface area contributed by atoms with Crippen LogP contribution >= 0.6 is 0 Å². The molecule has 0 aromatic carbocycles. The van der Waals surface area contributed by atoms with Gasteiger partial charge in [-0.2, -0.15) is 0 Å². The van der Waals surface area contributed by atoms with Crippen LogP contribution < -0.4 is 0 Å². The molecule has 0 spiro atoms. The molecular formula is C20H32O4. The van der Waals surface area contributed by atoms with Gasteiger partial charge in [-0.05, 0) is 68.9 Å². The average molecular weight is 336 g/mol. The van der Waals surface area contributed by atoms with E-state index in [1.807, 2.05) is 19.1 Å². The van der Waals surface area contributed by atoms with E-state index >= 15 is 0 Å². The van der Waals surface area contributed by atoms with E-state index in [2.05, 4.69) is 6.92 Å². The molecule has 0 saturated carbocycles. The first-order valence-corrected chi connectivity index (χ1v) is 8.78. The van der Waals surface area contributed by atoms with Crippen molar-refractivity contribution in [3.8, 4) is 0 Å². The predicted molar refractivity (Wildman–Crippen MR) is 96.6 cm³/mol. The van der Waals surface area contributed by atoms with Crippen molar-refractivity contribution < 1.29 is 19.1 Å². The Bertz CT molecular complexity index is 449. The van der Waals surface area contributed by atoms with Gasteiger partial charge in [0, 0.05) is 6.42 Å². The molecule has 2 atom stereocenters. The molecule has 136 valence electrons. The van der Waals surface area contributed by atoms with Crippen LogP contribution in [0.3, 0.4) is 0 Å². The van der Waals surface area contributed by atoms with Crippen LogP contribution in [0.15, 0.2) is 23.3 Å². The van der Waals surface area contributed by atoms with Crippen molar-refractivity contribution in [2.24, 2.45) is 11.8 Å². The molecule has 0 N–H and O–H groups in total. The van der Waals surface area contributed by atoms with Crippen molar-refractivity contribution in [1.29, 1.82) is 0 Å². The average Bonchev–Trinajstić information content (AvgIpc) is 2.54. The van der Waals surface area contributed by atoms with Gasteiger partial charge < -0.3 is 4.74 Å². The third-order valence-corrected chi connectivity index (χ3v) is 4.01. The zero-order chi connectivity index (χ0) is 18.4. The first kappa shape index (κ1) is 22.3. The third-order valence-electron chi connectivity index (χ3n) is 4.01. The van der Waals surface area contributed by atoms with Crippen LogP contribution in [0, 0.1) is 11.8 Å². The second kappa shape index (κ2) is 13.7. The van der Waals surface area contributed by atoms with Crippen molar-refractivity contribution in [1.82, 2.24) is 0 Å². The van der Waals surface area contributed by atoms with Crippen LogP contribution in [-0.2, 0) is 19.1 Å². The predicted octanol–water partition coefficient (Wildman–Crippen LogP) is 4.43. The molecule has 0 saturated heterocycles. The minimum absolute atomic E-state index is 0.150. The van der Waals surface area contributed by atoms with Crippen LogP contribution in [0.5, 0.6) is 0 Å². The molecule has 0 radical (unpaired) electrons. The molecule has 24 heavy (non-hydrogen) atoms. The SMILES string of the molecule is CC(C=O)=CCCC(C)CCOC(=O)CC(C)CCC=C(C)C=O. The molecule has 4 nitrogen and oxygen atoms in total. The Morgan fingerprint density at radius 3 is 1.88 bits per heavy atom. The Morgan fingerprint density at radius 1 is 0.875 bits per heavy atom. The van der Waals surface area contributed by atoms with Crippen molar-refractivity contribution in [3.05, 3.63) is 23.3 Å². The first-order chi connectivity index (χ1) is 11.4. The number of rotatable bonds is 13. The lowest BCUT2D eigenvalue weighted by molar-refractivity contribution is -0.145. The van der Waals surface area contributed by atoms with E-state index in [-0.39, 0.29) is 11.9 Å². The molecule has 0 aromatic heterocycles. The molecule has 0 aliphatic carbocycles. The smallest absolute Gasteiger partial charge is 0.306 e. The standard InChI is InChI=1S/C20H32O4/c1-16(7-5-9-18(3)14-21)11-12-24-20(23)13-17(2)8-6-10-19(4)15-22/h9-10,14-17H,5-8,11-13H2,1-4H3. The number of ether oxygens (including phenoxy) is 1. The Morgan fingerprint density at radius 2 is 1.38 bits per heavy atom. The zero-order valence-electron chi connectivity index (χ0n) is 15.5. The molecule has 0 bridgehead atoms. The van der Waals surface area contributed by atoms with Crippen LogP contribution in [0.2, 0.25) is 0 Å². The minimum atomic E-state index is -0.150. The van der Waals surface area contributed by atoms with Crippen LogP contribution in [0.1, 0.15) is 66.2 Å². The Kier molecular flexibility index (Phi) is 12.7. The van der Waals surface area contributed by atoms with Gasteiger partial charge in [-0.1, -0.05) is 26.0 Å². The van der Waals surface area contributed by atoms with E-state index in [4.69, 9.17) is 4.74 Å². The van der Waals surface area contributed by atoms with E-state index in [0.717, 1.165) is 55.8 Å². The summed E-state index contributed by atoms with van der Waals surface area (Å²) in [5, 5.41) is 0. The lowest BCUT2D eigenvalue weighted by Crippen LogP contribution is -2.12. The minimum Gasteiger partial charge on any atom is -0.466 e.